The zero-order valence-electron chi connectivity index (χ0n) is 13.8. The van der Waals surface area contributed by atoms with Crippen LogP contribution in [0.15, 0.2) is 0 Å². The van der Waals surface area contributed by atoms with Crippen molar-refractivity contribution in [3.8, 4) is 0 Å². The Labute approximate surface area is 124 Å². The molecule has 1 heterocycles. The van der Waals surface area contributed by atoms with E-state index in [1.54, 1.807) is 4.90 Å². The molecule has 0 aromatic rings. The minimum Gasteiger partial charge on any atom is -0.349 e. The number of carbonyl (C=O) groups is 1. The van der Waals surface area contributed by atoms with Gasteiger partial charge in [-0.25, -0.2) is 0 Å². The number of hydrogen-bond acceptors (Lipinski definition) is 3. The molecular weight excluding hydrogens is 250 g/mol. The highest BCUT2D eigenvalue weighted by Crippen LogP contribution is 2.20. The summed E-state index contributed by atoms with van der Waals surface area (Å²) in [6, 6.07) is 0.612. The Morgan fingerprint density at radius 1 is 1.45 bits per heavy atom. The summed E-state index contributed by atoms with van der Waals surface area (Å²) in [5, 5.41) is 3.62. The lowest BCUT2D eigenvalue weighted by Crippen LogP contribution is -2.45. The first-order chi connectivity index (χ1) is 9.54. The maximum Gasteiger partial charge on any atom is 0.222 e. The van der Waals surface area contributed by atoms with Crippen LogP contribution in [0.4, 0.5) is 0 Å². The summed E-state index contributed by atoms with van der Waals surface area (Å²) < 4.78 is 0. The third kappa shape index (κ3) is 6.23. The summed E-state index contributed by atoms with van der Waals surface area (Å²) in [6.07, 6.45) is 5.50. The molecule has 4 nitrogen and oxygen atoms in total. The lowest BCUT2D eigenvalue weighted by atomic mass is 9.91. The van der Waals surface area contributed by atoms with Crippen LogP contribution < -0.4 is 5.32 Å². The fourth-order valence-electron chi connectivity index (χ4n) is 2.92. The quantitative estimate of drug-likeness (QED) is 0.739. The van der Waals surface area contributed by atoms with Crippen molar-refractivity contribution in [2.24, 2.45) is 5.92 Å². The Bertz CT molecular complexity index is 281. The van der Waals surface area contributed by atoms with Crippen LogP contribution in [0.1, 0.15) is 46.0 Å². The van der Waals surface area contributed by atoms with Gasteiger partial charge in [-0.05, 0) is 58.2 Å². The van der Waals surface area contributed by atoms with E-state index in [9.17, 15) is 4.79 Å². The van der Waals surface area contributed by atoms with Gasteiger partial charge in [-0.1, -0.05) is 6.92 Å². The molecule has 2 unspecified atom stereocenters. The summed E-state index contributed by atoms with van der Waals surface area (Å²) in [5.41, 5.74) is 0. The summed E-state index contributed by atoms with van der Waals surface area (Å²) in [6.45, 7) is 9.11. The molecule has 1 fully saturated rings. The van der Waals surface area contributed by atoms with Gasteiger partial charge in [0.15, 0.2) is 0 Å². The third-order valence-corrected chi connectivity index (χ3v) is 4.33. The predicted octanol–water partition coefficient (Wildman–Crippen LogP) is 1.95. The first-order valence-corrected chi connectivity index (χ1v) is 8.20. The molecule has 0 radical (unpaired) electrons. The smallest absolute Gasteiger partial charge is 0.222 e. The molecule has 20 heavy (non-hydrogen) atoms. The molecular formula is C16H33N3O. The van der Waals surface area contributed by atoms with Crippen LogP contribution in [0.2, 0.25) is 0 Å². The minimum atomic E-state index is 0.247. The number of carbonyl (C=O) groups excluding carboxylic acids is 1. The molecule has 118 valence electrons. The van der Waals surface area contributed by atoms with Crippen LogP contribution in [0.25, 0.3) is 0 Å². The highest BCUT2D eigenvalue weighted by molar-refractivity contribution is 5.75. The van der Waals surface area contributed by atoms with Crippen LogP contribution >= 0.6 is 0 Å². The zero-order chi connectivity index (χ0) is 15.0. The number of likely N-dealkylation sites (tertiary alicyclic amines) is 1. The monoisotopic (exact) mass is 283 g/mol. The van der Waals surface area contributed by atoms with Gasteiger partial charge in [-0.3, -0.25) is 4.79 Å². The Morgan fingerprint density at radius 2 is 2.20 bits per heavy atom. The van der Waals surface area contributed by atoms with Gasteiger partial charge < -0.3 is 15.1 Å². The van der Waals surface area contributed by atoms with Crippen molar-refractivity contribution in [2.45, 2.75) is 52.0 Å². The van der Waals surface area contributed by atoms with E-state index in [1.165, 1.54) is 32.4 Å². The average Bonchev–Trinajstić information content (AvgIpc) is 2.44. The molecule has 1 amide bonds. The molecule has 0 aromatic heterocycles. The first-order valence-electron chi connectivity index (χ1n) is 8.20. The van der Waals surface area contributed by atoms with Crippen molar-refractivity contribution in [3.05, 3.63) is 0 Å². The standard InChI is InChI=1S/C16H33N3O/c1-5-10-17-14(2)15-8-6-11-19(13-15)12-7-9-16(20)18(3)4/h14-15,17H,5-13H2,1-4H3. The summed E-state index contributed by atoms with van der Waals surface area (Å²) in [7, 11) is 3.67. The van der Waals surface area contributed by atoms with Crippen molar-refractivity contribution in [2.75, 3.05) is 40.3 Å². The Morgan fingerprint density at radius 3 is 2.85 bits per heavy atom. The number of hydrogen-bond donors (Lipinski definition) is 1. The molecule has 1 aliphatic heterocycles. The van der Waals surface area contributed by atoms with E-state index in [1.807, 2.05) is 14.1 Å². The summed E-state index contributed by atoms with van der Waals surface area (Å²) >= 11 is 0. The fourth-order valence-corrected chi connectivity index (χ4v) is 2.92. The van der Waals surface area contributed by atoms with Gasteiger partial charge >= 0.3 is 0 Å². The maximum atomic E-state index is 11.6. The van der Waals surface area contributed by atoms with Crippen LogP contribution in [0.3, 0.4) is 0 Å². The Hall–Kier alpha value is -0.610. The molecule has 0 bridgehead atoms. The van der Waals surface area contributed by atoms with E-state index in [2.05, 4.69) is 24.1 Å². The van der Waals surface area contributed by atoms with Crippen LogP contribution in [-0.4, -0.2) is 62.0 Å². The molecule has 0 aromatic carbocycles. The maximum absolute atomic E-state index is 11.6. The average molecular weight is 283 g/mol. The number of piperidine rings is 1. The molecule has 0 saturated carbocycles. The number of amides is 1. The van der Waals surface area contributed by atoms with Crippen molar-refractivity contribution in [1.29, 1.82) is 0 Å². The first kappa shape index (κ1) is 17.4. The number of nitrogens with one attached hydrogen (secondary N) is 1. The fraction of sp³-hybridized carbons (Fsp3) is 0.938. The Kier molecular flexibility index (Phi) is 8.15. The second-order valence-corrected chi connectivity index (χ2v) is 6.34. The van der Waals surface area contributed by atoms with Gasteiger partial charge in [-0.15, -0.1) is 0 Å². The van der Waals surface area contributed by atoms with E-state index >= 15 is 0 Å². The van der Waals surface area contributed by atoms with E-state index < -0.39 is 0 Å². The van der Waals surface area contributed by atoms with E-state index in [0.717, 1.165) is 25.4 Å². The van der Waals surface area contributed by atoms with Crippen molar-refractivity contribution in [1.82, 2.24) is 15.1 Å². The highest BCUT2D eigenvalue weighted by Gasteiger charge is 2.23. The molecule has 1 rings (SSSR count). The number of rotatable bonds is 8. The van der Waals surface area contributed by atoms with Gasteiger partial charge in [0.2, 0.25) is 5.91 Å². The van der Waals surface area contributed by atoms with Crippen LogP contribution in [0.5, 0.6) is 0 Å². The molecule has 2 atom stereocenters. The largest absolute Gasteiger partial charge is 0.349 e. The SMILES string of the molecule is CCCNC(C)C1CCCN(CCCC(=O)N(C)C)C1. The van der Waals surface area contributed by atoms with E-state index in [0.29, 0.717) is 12.5 Å². The van der Waals surface area contributed by atoms with E-state index in [4.69, 9.17) is 0 Å². The molecule has 4 heteroatoms. The van der Waals surface area contributed by atoms with Crippen LogP contribution in [-0.2, 0) is 4.79 Å². The molecule has 1 N–H and O–H groups in total. The van der Waals surface area contributed by atoms with E-state index in [-0.39, 0.29) is 5.91 Å². The summed E-state index contributed by atoms with van der Waals surface area (Å²) in [5.74, 6) is 1.01. The van der Waals surface area contributed by atoms with Crippen molar-refractivity contribution < 1.29 is 4.79 Å². The van der Waals surface area contributed by atoms with Gasteiger partial charge in [0.05, 0.1) is 0 Å². The van der Waals surface area contributed by atoms with Crippen molar-refractivity contribution in [3.63, 3.8) is 0 Å². The molecule has 0 aliphatic carbocycles. The van der Waals surface area contributed by atoms with Gasteiger partial charge in [-0.2, -0.15) is 0 Å². The second-order valence-electron chi connectivity index (χ2n) is 6.34. The highest BCUT2D eigenvalue weighted by atomic mass is 16.2. The lowest BCUT2D eigenvalue weighted by molar-refractivity contribution is -0.128. The normalized spacial score (nSPS) is 21.7. The molecule has 1 saturated heterocycles. The van der Waals surface area contributed by atoms with Crippen LogP contribution in [0, 0.1) is 5.92 Å². The molecule has 1 aliphatic rings. The van der Waals surface area contributed by atoms with Gasteiger partial charge in [0.25, 0.3) is 0 Å². The van der Waals surface area contributed by atoms with Gasteiger partial charge in [0, 0.05) is 33.1 Å². The van der Waals surface area contributed by atoms with Crippen molar-refractivity contribution >= 4 is 5.91 Å². The third-order valence-electron chi connectivity index (χ3n) is 4.33. The minimum absolute atomic E-state index is 0.247. The second kappa shape index (κ2) is 9.35. The Balaban J connectivity index is 2.25. The molecule has 0 spiro atoms. The van der Waals surface area contributed by atoms with Gasteiger partial charge in [0.1, 0.15) is 0 Å². The lowest BCUT2D eigenvalue weighted by Gasteiger charge is -2.36. The zero-order valence-corrected chi connectivity index (χ0v) is 13.8. The summed E-state index contributed by atoms with van der Waals surface area (Å²) in [4.78, 5) is 15.8. The topological polar surface area (TPSA) is 35.6 Å². The number of nitrogens with zero attached hydrogens (tertiary/aromatic N) is 2. The predicted molar refractivity (Wildman–Crippen MR) is 84.8 cm³/mol.